The zero-order valence-corrected chi connectivity index (χ0v) is 15.3. The fourth-order valence-electron chi connectivity index (χ4n) is 1.51. The van der Waals surface area contributed by atoms with E-state index < -0.39 is 10.0 Å². The quantitative estimate of drug-likeness (QED) is 0.512. The molecule has 20 heavy (non-hydrogen) atoms. The third-order valence-electron chi connectivity index (χ3n) is 2.29. The van der Waals surface area contributed by atoms with Gasteiger partial charge in [-0.1, -0.05) is 15.9 Å². The van der Waals surface area contributed by atoms with Crippen LogP contribution in [0.2, 0.25) is 0 Å². The van der Waals surface area contributed by atoms with Crippen molar-refractivity contribution in [3.05, 3.63) is 44.0 Å². The van der Waals surface area contributed by atoms with Crippen molar-refractivity contribution < 1.29 is 8.42 Å². The first-order chi connectivity index (χ1) is 9.29. The number of anilines is 2. The van der Waals surface area contributed by atoms with Crippen LogP contribution in [-0.4, -0.2) is 13.4 Å². The highest BCUT2D eigenvalue weighted by atomic mass is 79.9. The molecule has 1 heterocycles. The lowest BCUT2D eigenvalue weighted by atomic mass is 10.3. The van der Waals surface area contributed by atoms with E-state index in [-0.39, 0.29) is 10.6 Å². The lowest BCUT2D eigenvalue weighted by molar-refractivity contribution is 0.601. The van der Waals surface area contributed by atoms with Crippen LogP contribution < -0.4 is 10.5 Å². The molecule has 9 heteroatoms. The molecular formula is C11H8Br3N3O2S. The van der Waals surface area contributed by atoms with Gasteiger partial charge in [-0.2, -0.15) is 0 Å². The Balaban J connectivity index is 2.43. The number of nitrogens with zero attached hydrogens (tertiary/aromatic N) is 1. The molecule has 0 atom stereocenters. The van der Waals surface area contributed by atoms with E-state index in [1.54, 1.807) is 18.2 Å². The van der Waals surface area contributed by atoms with E-state index in [0.29, 0.717) is 19.2 Å². The third kappa shape index (κ3) is 3.51. The molecule has 0 saturated heterocycles. The first-order valence-corrected chi connectivity index (χ1v) is 9.05. The maximum atomic E-state index is 12.4. The Bertz CT molecular complexity index is 725. The second-order valence-corrected chi connectivity index (χ2v) is 7.98. The Morgan fingerprint density at radius 3 is 2.40 bits per heavy atom. The van der Waals surface area contributed by atoms with Crippen LogP contribution in [0.4, 0.5) is 11.4 Å². The summed E-state index contributed by atoms with van der Waals surface area (Å²) in [5, 5.41) is 0. The number of sulfonamides is 1. The first kappa shape index (κ1) is 15.7. The van der Waals surface area contributed by atoms with Crippen LogP contribution in [0, 0.1) is 0 Å². The molecule has 3 N–H and O–H groups in total. The van der Waals surface area contributed by atoms with Crippen LogP contribution in [0.5, 0.6) is 0 Å². The second-order valence-electron chi connectivity index (χ2n) is 3.78. The summed E-state index contributed by atoms with van der Waals surface area (Å²) in [7, 11) is -3.80. The summed E-state index contributed by atoms with van der Waals surface area (Å²) in [5.74, 6) is 0. The zero-order chi connectivity index (χ0) is 14.9. The normalized spacial score (nSPS) is 11.3. The number of pyridine rings is 1. The number of benzene rings is 1. The Morgan fingerprint density at radius 1 is 1.15 bits per heavy atom. The molecule has 0 saturated carbocycles. The van der Waals surface area contributed by atoms with E-state index >= 15 is 0 Å². The minimum atomic E-state index is -3.80. The van der Waals surface area contributed by atoms with Crippen molar-refractivity contribution in [2.45, 2.75) is 4.90 Å². The van der Waals surface area contributed by atoms with E-state index in [2.05, 4.69) is 57.5 Å². The number of hydrogen-bond acceptors (Lipinski definition) is 4. The molecule has 0 spiro atoms. The summed E-state index contributed by atoms with van der Waals surface area (Å²) >= 11 is 9.63. The fourth-order valence-corrected chi connectivity index (χ4v) is 4.86. The fraction of sp³-hybridized carbons (Fsp3) is 0. The van der Waals surface area contributed by atoms with Gasteiger partial charge in [0.05, 0.1) is 17.6 Å². The molecule has 2 rings (SSSR count). The smallest absolute Gasteiger partial charge is 0.265 e. The average molecular weight is 486 g/mol. The number of hydrogen-bond donors (Lipinski definition) is 2. The summed E-state index contributed by atoms with van der Waals surface area (Å²) in [6.45, 7) is 0. The molecule has 0 aliphatic rings. The minimum Gasteiger partial charge on any atom is -0.398 e. The van der Waals surface area contributed by atoms with Gasteiger partial charge < -0.3 is 5.73 Å². The molecule has 0 aliphatic carbocycles. The molecule has 1 aromatic carbocycles. The van der Waals surface area contributed by atoms with E-state index in [9.17, 15) is 8.42 Å². The predicted molar refractivity (Wildman–Crippen MR) is 89.0 cm³/mol. The summed E-state index contributed by atoms with van der Waals surface area (Å²) in [6, 6.07) is 6.37. The minimum absolute atomic E-state index is 0.0105. The molecule has 5 nitrogen and oxygen atoms in total. The van der Waals surface area contributed by atoms with Gasteiger partial charge in [0, 0.05) is 8.95 Å². The zero-order valence-electron chi connectivity index (χ0n) is 9.77. The molecule has 106 valence electrons. The molecular weight excluding hydrogens is 478 g/mol. The Hall–Kier alpha value is -0.640. The van der Waals surface area contributed by atoms with Crippen LogP contribution >= 0.6 is 47.8 Å². The van der Waals surface area contributed by atoms with Crippen molar-refractivity contribution in [3.8, 4) is 0 Å². The lowest BCUT2D eigenvalue weighted by Crippen LogP contribution is -2.15. The van der Waals surface area contributed by atoms with Crippen LogP contribution in [0.3, 0.4) is 0 Å². The highest BCUT2D eigenvalue weighted by Crippen LogP contribution is 2.32. The molecule has 0 amide bonds. The van der Waals surface area contributed by atoms with Gasteiger partial charge in [-0.05, 0) is 56.1 Å². The van der Waals surface area contributed by atoms with Crippen LogP contribution in [0.25, 0.3) is 0 Å². The molecule has 0 aliphatic heterocycles. The summed E-state index contributed by atoms with van der Waals surface area (Å²) in [6.07, 6.45) is 1.41. The van der Waals surface area contributed by atoms with E-state index in [1.807, 2.05) is 0 Å². The number of aromatic nitrogens is 1. The highest BCUT2D eigenvalue weighted by Gasteiger charge is 2.21. The van der Waals surface area contributed by atoms with Crippen molar-refractivity contribution >= 4 is 69.2 Å². The van der Waals surface area contributed by atoms with Gasteiger partial charge in [0.15, 0.2) is 0 Å². The van der Waals surface area contributed by atoms with Gasteiger partial charge >= 0.3 is 0 Å². The van der Waals surface area contributed by atoms with Gasteiger partial charge in [0.2, 0.25) is 0 Å². The monoisotopic (exact) mass is 483 g/mol. The Morgan fingerprint density at radius 2 is 1.85 bits per heavy atom. The SMILES string of the molecule is Nc1cc(Br)cc(Br)c1S(=O)(=O)Nc1ccc(Br)nc1. The summed E-state index contributed by atoms with van der Waals surface area (Å²) < 4.78 is 28.8. The molecule has 2 aromatic rings. The van der Waals surface area contributed by atoms with Crippen molar-refractivity contribution in [2.24, 2.45) is 0 Å². The van der Waals surface area contributed by atoms with Crippen molar-refractivity contribution in [2.75, 3.05) is 10.5 Å². The highest BCUT2D eigenvalue weighted by molar-refractivity contribution is 9.11. The van der Waals surface area contributed by atoms with Crippen LogP contribution in [0.1, 0.15) is 0 Å². The van der Waals surface area contributed by atoms with Crippen molar-refractivity contribution in [1.29, 1.82) is 0 Å². The molecule has 0 radical (unpaired) electrons. The van der Waals surface area contributed by atoms with Crippen molar-refractivity contribution in [1.82, 2.24) is 4.98 Å². The predicted octanol–water partition coefficient (Wildman–Crippen LogP) is 3.75. The Kier molecular flexibility index (Phi) is 4.73. The summed E-state index contributed by atoms with van der Waals surface area (Å²) in [5.41, 5.74) is 6.28. The average Bonchev–Trinajstić information content (AvgIpc) is 2.30. The number of nitrogen functional groups attached to an aromatic ring is 1. The molecule has 1 aromatic heterocycles. The third-order valence-corrected chi connectivity index (χ3v) is 5.60. The van der Waals surface area contributed by atoms with Crippen molar-refractivity contribution in [3.63, 3.8) is 0 Å². The standard InChI is InChI=1S/C11H8Br3N3O2S/c12-6-3-8(13)11(9(15)4-6)20(18,19)17-7-1-2-10(14)16-5-7/h1-5,17H,15H2. The topological polar surface area (TPSA) is 85.1 Å². The molecule has 0 bridgehead atoms. The Labute approximate surface area is 141 Å². The lowest BCUT2D eigenvalue weighted by Gasteiger charge is -2.12. The van der Waals surface area contributed by atoms with E-state index in [0.717, 1.165) is 0 Å². The first-order valence-electron chi connectivity index (χ1n) is 5.18. The van der Waals surface area contributed by atoms with Crippen LogP contribution in [-0.2, 0) is 10.0 Å². The summed E-state index contributed by atoms with van der Waals surface area (Å²) in [4.78, 5) is 3.94. The largest absolute Gasteiger partial charge is 0.398 e. The van der Waals surface area contributed by atoms with Gasteiger partial charge in [0.25, 0.3) is 10.0 Å². The second kappa shape index (κ2) is 6.00. The maximum absolute atomic E-state index is 12.4. The van der Waals surface area contributed by atoms with E-state index in [1.165, 1.54) is 12.3 Å². The number of nitrogens with one attached hydrogen (secondary N) is 1. The molecule has 0 unspecified atom stereocenters. The number of nitrogens with two attached hydrogens (primary N) is 1. The van der Waals surface area contributed by atoms with E-state index in [4.69, 9.17) is 5.73 Å². The number of rotatable bonds is 3. The van der Waals surface area contributed by atoms with Gasteiger partial charge in [-0.25, -0.2) is 13.4 Å². The molecule has 0 fully saturated rings. The maximum Gasteiger partial charge on any atom is 0.265 e. The van der Waals surface area contributed by atoms with Crippen LogP contribution in [0.15, 0.2) is 48.9 Å². The van der Waals surface area contributed by atoms with Gasteiger partial charge in [0.1, 0.15) is 9.50 Å². The van der Waals surface area contributed by atoms with Gasteiger partial charge in [-0.15, -0.1) is 0 Å². The number of halogens is 3. The van der Waals surface area contributed by atoms with Gasteiger partial charge in [-0.3, -0.25) is 4.72 Å².